The van der Waals surface area contributed by atoms with Crippen molar-refractivity contribution in [1.29, 1.82) is 0 Å². The van der Waals surface area contributed by atoms with Crippen LogP contribution in [0.4, 0.5) is 10.5 Å². The summed E-state index contributed by atoms with van der Waals surface area (Å²) in [6.07, 6.45) is 8.84. The lowest BCUT2D eigenvalue weighted by molar-refractivity contribution is -0.713. The minimum atomic E-state index is -0.486. The molecule has 4 rings (SSSR count). The van der Waals surface area contributed by atoms with Crippen LogP contribution in [-0.2, 0) is 9.47 Å². The Morgan fingerprint density at radius 1 is 1.33 bits per heavy atom. The van der Waals surface area contributed by atoms with Gasteiger partial charge in [-0.05, 0) is 44.4 Å². The van der Waals surface area contributed by atoms with Crippen molar-refractivity contribution in [2.75, 3.05) is 32.7 Å². The zero-order valence-corrected chi connectivity index (χ0v) is 19.8. The minimum Gasteiger partial charge on any atom is -0.495 e. The van der Waals surface area contributed by atoms with Gasteiger partial charge in [-0.15, -0.1) is 0 Å². The van der Waals surface area contributed by atoms with Crippen molar-refractivity contribution in [2.45, 2.75) is 45.6 Å². The van der Waals surface area contributed by atoms with Gasteiger partial charge in [-0.3, -0.25) is 10.3 Å². The molecule has 0 spiro atoms. The topological polar surface area (TPSA) is 81.5 Å². The Kier molecular flexibility index (Phi) is 6.95. The molecule has 176 valence electrons. The normalized spacial score (nSPS) is 23.2. The summed E-state index contributed by atoms with van der Waals surface area (Å²) >= 11 is 0. The molecule has 1 fully saturated rings. The van der Waals surface area contributed by atoms with Crippen LogP contribution in [0.25, 0.3) is 0 Å². The summed E-state index contributed by atoms with van der Waals surface area (Å²) in [7, 11) is 3.71. The molecule has 8 nitrogen and oxygen atoms in total. The summed E-state index contributed by atoms with van der Waals surface area (Å²) in [6.45, 7) is 5.46. The Labute approximate surface area is 195 Å². The fourth-order valence-corrected chi connectivity index (χ4v) is 4.58. The van der Waals surface area contributed by atoms with Crippen LogP contribution in [0.1, 0.15) is 45.1 Å². The van der Waals surface area contributed by atoms with Crippen molar-refractivity contribution in [3.05, 3.63) is 47.6 Å². The molecule has 3 aliphatic heterocycles. The standard InChI is InChI=1S/C25H32N4O4/c1-5-6-17(2)33-25(30)27-20-8-7-19(15-22(20)31-4)24-28-23(18-9-13-32-14-10-18)21-16-26-11-12-29(21,24)3/h7-8,11-12,15-18H,5-6,9-10,13-14H2,1-4H3/p+1/t17-,29?/m0/s1. The van der Waals surface area contributed by atoms with Gasteiger partial charge in [0.15, 0.2) is 5.70 Å². The highest BCUT2D eigenvalue weighted by atomic mass is 16.6. The lowest BCUT2D eigenvalue weighted by Crippen LogP contribution is -2.43. The zero-order valence-electron chi connectivity index (χ0n) is 19.8. The second-order valence-electron chi connectivity index (χ2n) is 8.79. The van der Waals surface area contributed by atoms with Gasteiger partial charge in [-0.25, -0.2) is 9.28 Å². The molecule has 0 bridgehead atoms. The quantitative estimate of drug-likeness (QED) is 0.600. The Bertz CT molecular complexity index is 1020. The number of methoxy groups -OCH3 is 1. The monoisotopic (exact) mass is 453 g/mol. The molecule has 1 N–H and O–H groups in total. The van der Waals surface area contributed by atoms with Gasteiger partial charge in [0.1, 0.15) is 23.8 Å². The maximum Gasteiger partial charge on any atom is 0.412 e. The van der Waals surface area contributed by atoms with Gasteiger partial charge in [0.2, 0.25) is 5.84 Å². The van der Waals surface area contributed by atoms with Crippen molar-refractivity contribution >= 4 is 23.8 Å². The molecule has 33 heavy (non-hydrogen) atoms. The maximum atomic E-state index is 12.3. The number of anilines is 1. The first-order valence-corrected chi connectivity index (χ1v) is 11.6. The fourth-order valence-electron chi connectivity index (χ4n) is 4.58. The third-order valence-electron chi connectivity index (χ3n) is 6.38. The van der Waals surface area contributed by atoms with Crippen LogP contribution >= 0.6 is 0 Å². The Morgan fingerprint density at radius 3 is 2.85 bits per heavy atom. The van der Waals surface area contributed by atoms with Gasteiger partial charge >= 0.3 is 6.09 Å². The van der Waals surface area contributed by atoms with E-state index in [0.717, 1.165) is 61.7 Å². The second-order valence-corrected chi connectivity index (χ2v) is 8.79. The first kappa shape index (κ1) is 23.2. The van der Waals surface area contributed by atoms with E-state index in [1.54, 1.807) is 7.11 Å². The van der Waals surface area contributed by atoms with E-state index in [1.165, 1.54) is 0 Å². The number of nitrogens with zero attached hydrogens (tertiary/aromatic N) is 3. The highest BCUT2D eigenvalue weighted by Crippen LogP contribution is 2.39. The number of fused-ring (bicyclic) bond motifs is 1. The predicted molar refractivity (Wildman–Crippen MR) is 128 cm³/mol. The molecular weight excluding hydrogens is 420 g/mol. The number of allylic oxidation sites excluding steroid dienone is 2. The van der Waals surface area contributed by atoms with Crippen molar-refractivity contribution in [2.24, 2.45) is 15.9 Å². The van der Waals surface area contributed by atoms with Gasteiger partial charge in [-0.1, -0.05) is 13.3 Å². The van der Waals surface area contributed by atoms with E-state index in [2.05, 4.69) is 24.3 Å². The first-order chi connectivity index (χ1) is 16.0. The van der Waals surface area contributed by atoms with Crippen molar-refractivity contribution in [3.8, 4) is 5.75 Å². The smallest absolute Gasteiger partial charge is 0.412 e. The Morgan fingerprint density at radius 2 is 2.12 bits per heavy atom. The third kappa shape index (κ3) is 4.72. The molecule has 0 aromatic heterocycles. The lowest BCUT2D eigenvalue weighted by Gasteiger charge is -2.29. The van der Waals surface area contributed by atoms with Crippen molar-refractivity contribution in [1.82, 2.24) is 0 Å². The third-order valence-corrected chi connectivity index (χ3v) is 6.38. The highest BCUT2D eigenvalue weighted by molar-refractivity contribution is 6.01. The van der Waals surface area contributed by atoms with Crippen LogP contribution in [-0.4, -0.2) is 56.1 Å². The van der Waals surface area contributed by atoms with E-state index in [1.807, 2.05) is 43.7 Å². The number of nitrogens with one attached hydrogen (secondary N) is 1. The van der Waals surface area contributed by atoms with E-state index in [9.17, 15) is 4.79 Å². The molecule has 1 saturated heterocycles. The minimum absolute atomic E-state index is 0.141. The fraction of sp³-hybridized carbons (Fsp3) is 0.480. The molecule has 3 aliphatic rings. The first-order valence-electron chi connectivity index (χ1n) is 11.6. The van der Waals surface area contributed by atoms with Crippen LogP contribution in [0, 0.1) is 5.92 Å². The number of ether oxygens (including phenoxy) is 3. The number of carbonyl (C=O) groups is 1. The van der Waals surface area contributed by atoms with Gasteiger partial charge in [0, 0.05) is 19.1 Å². The van der Waals surface area contributed by atoms with Crippen LogP contribution in [0.5, 0.6) is 5.75 Å². The summed E-state index contributed by atoms with van der Waals surface area (Å²) < 4.78 is 17.0. The van der Waals surface area contributed by atoms with Gasteiger partial charge in [0.05, 0.1) is 37.8 Å². The van der Waals surface area contributed by atoms with Gasteiger partial charge in [0.25, 0.3) is 0 Å². The lowest BCUT2D eigenvalue weighted by atomic mass is 9.95. The van der Waals surface area contributed by atoms with Crippen LogP contribution in [0.15, 0.2) is 52.0 Å². The van der Waals surface area contributed by atoms with Gasteiger partial charge < -0.3 is 14.2 Å². The molecular formula is C25H33N4O4+. The number of rotatable bonds is 7. The highest BCUT2D eigenvalue weighted by Gasteiger charge is 2.44. The van der Waals surface area contributed by atoms with E-state index >= 15 is 0 Å². The van der Waals surface area contributed by atoms with Gasteiger partial charge in [-0.2, -0.15) is 4.99 Å². The van der Waals surface area contributed by atoms with E-state index in [4.69, 9.17) is 19.2 Å². The molecule has 1 unspecified atom stereocenters. The Balaban J connectivity index is 1.61. The maximum absolute atomic E-state index is 12.3. The number of hydrogen-bond donors (Lipinski definition) is 1. The van der Waals surface area contributed by atoms with Crippen LogP contribution < -0.4 is 10.1 Å². The zero-order chi connectivity index (χ0) is 23.4. The van der Waals surface area contributed by atoms with E-state index in [0.29, 0.717) is 21.8 Å². The summed E-state index contributed by atoms with van der Waals surface area (Å²) in [5.41, 5.74) is 3.66. The molecule has 2 atom stereocenters. The molecule has 0 saturated carbocycles. The summed E-state index contributed by atoms with van der Waals surface area (Å²) in [5, 5.41) is 2.80. The summed E-state index contributed by atoms with van der Waals surface area (Å²) in [6, 6.07) is 5.71. The SMILES string of the molecule is CCC[C@H](C)OC(=O)Nc1ccc(C2=NC(C3CCOCC3)=C3C=NC=C[N+]23C)cc1OC. The Hall–Kier alpha value is -2.97. The number of aliphatic imine (C=N–C) groups is 2. The number of benzene rings is 1. The van der Waals surface area contributed by atoms with Crippen molar-refractivity contribution in [3.63, 3.8) is 0 Å². The second kappa shape index (κ2) is 9.89. The number of carbonyl (C=O) groups excluding carboxylic acids is 1. The average Bonchev–Trinajstić information content (AvgIpc) is 3.13. The van der Waals surface area contributed by atoms with Crippen molar-refractivity contribution < 1.29 is 23.5 Å². The van der Waals surface area contributed by atoms with Crippen LogP contribution in [0.3, 0.4) is 0 Å². The average molecular weight is 454 g/mol. The predicted octanol–water partition coefficient (Wildman–Crippen LogP) is 4.83. The summed E-state index contributed by atoms with van der Waals surface area (Å²) in [5.74, 6) is 1.81. The number of hydrogen-bond acceptors (Lipinski definition) is 6. The van der Waals surface area contributed by atoms with E-state index in [-0.39, 0.29) is 6.10 Å². The molecule has 8 heteroatoms. The van der Waals surface area contributed by atoms with E-state index < -0.39 is 6.09 Å². The molecule has 1 aromatic carbocycles. The molecule has 0 radical (unpaired) electrons. The molecule has 0 aliphatic carbocycles. The number of amidine groups is 1. The molecule has 1 aromatic rings. The molecule has 3 heterocycles. The number of quaternary nitrogens is 1. The van der Waals surface area contributed by atoms with Crippen LogP contribution in [0.2, 0.25) is 0 Å². The number of amides is 1. The summed E-state index contributed by atoms with van der Waals surface area (Å²) in [4.78, 5) is 21.8. The largest absolute Gasteiger partial charge is 0.495 e. The molecule has 1 amide bonds.